The van der Waals surface area contributed by atoms with Crippen LogP contribution in [0.25, 0.3) is 0 Å². The zero-order chi connectivity index (χ0) is 14.2. The van der Waals surface area contributed by atoms with Crippen molar-refractivity contribution in [3.63, 3.8) is 0 Å². The number of nitrogens with one attached hydrogen (secondary N) is 1. The van der Waals surface area contributed by atoms with Gasteiger partial charge in [-0.1, -0.05) is 22.9 Å². The number of rotatable bonds is 3. The maximum atomic E-state index is 12.4. The molecule has 106 valence electrons. The molecule has 3 N–H and O–H groups in total. The standard InChI is InChI=1S/C13H19BrN2O2S/c1-8-3-4-11(5-8)16-19(17,18)13-7-10(14)6-12(15)9(13)2/h6-8,11,16H,3-5,15H2,1-2H3. The molecule has 0 heterocycles. The third kappa shape index (κ3) is 3.30. The molecule has 1 aliphatic rings. The number of hydrogen-bond acceptors (Lipinski definition) is 3. The quantitative estimate of drug-likeness (QED) is 0.826. The number of halogens is 1. The molecule has 6 heteroatoms. The van der Waals surface area contributed by atoms with E-state index in [0.29, 0.717) is 21.6 Å². The second kappa shape index (κ2) is 5.42. The van der Waals surface area contributed by atoms with Crippen molar-refractivity contribution in [2.75, 3.05) is 5.73 Å². The Balaban J connectivity index is 2.29. The first-order chi connectivity index (χ1) is 8.79. The maximum absolute atomic E-state index is 12.4. The molecule has 2 unspecified atom stereocenters. The zero-order valence-corrected chi connectivity index (χ0v) is 13.5. The summed E-state index contributed by atoms with van der Waals surface area (Å²) < 4.78 is 28.3. The molecule has 0 saturated heterocycles. The molecule has 1 aromatic rings. The Hall–Kier alpha value is -0.590. The van der Waals surface area contributed by atoms with Crippen LogP contribution in [0, 0.1) is 12.8 Å². The average Bonchev–Trinajstić information content (AvgIpc) is 2.68. The molecule has 0 aliphatic heterocycles. The first-order valence-corrected chi connectivity index (χ1v) is 8.65. The number of anilines is 1. The van der Waals surface area contributed by atoms with Gasteiger partial charge < -0.3 is 5.73 Å². The Bertz CT molecular complexity index is 587. The van der Waals surface area contributed by atoms with E-state index in [0.717, 1.165) is 19.3 Å². The van der Waals surface area contributed by atoms with Crippen LogP contribution >= 0.6 is 15.9 Å². The second-order valence-electron chi connectivity index (χ2n) is 5.35. The van der Waals surface area contributed by atoms with Gasteiger partial charge in [-0.25, -0.2) is 13.1 Å². The topological polar surface area (TPSA) is 72.2 Å². The van der Waals surface area contributed by atoms with Gasteiger partial charge in [0.1, 0.15) is 0 Å². The third-order valence-corrected chi connectivity index (χ3v) is 5.78. The van der Waals surface area contributed by atoms with Crippen LogP contribution in [0.4, 0.5) is 5.69 Å². The average molecular weight is 347 g/mol. The van der Waals surface area contributed by atoms with Crippen LogP contribution in [0.15, 0.2) is 21.5 Å². The van der Waals surface area contributed by atoms with Gasteiger partial charge in [-0.05, 0) is 49.8 Å². The lowest BCUT2D eigenvalue weighted by molar-refractivity contribution is 0.538. The SMILES string of the molecule is Cc1c(N)cc(Br)cc1S(=O)(=O)NC1CCC(C)C1. The highest BCUT2D eigenvalue weighted by Gasteiger charge is 2.27. The lowest BCUT2D eigenvalue weighted by Gasteiger charge is -2.15. The Morgan fingerprint density at radius 2 is 2.05 bits per heavy atom. The van der Waals surface area contributed by atoms with Crippen LogP contribution in [0.2, 0.25) is 0 Å². The van der Waals surface area contributed by atoms with Gasteiger partial charge in [-0.15, -0.1) is 0 Å². The number of benzene rings is 1. The van der Waals surface area contributed by atoms with Gasteiger partial charge in [0, 0.05) is 16.2 Å². The van der Waals surface area contributed by atoms with E-state index in [1.807, 2.05) is 0 Å². The van der Waals surface area contributed by atoms with E-state index in [-0.39, 0.29) is 10.9 Å². The molecule has 0 radical (unpaired) electrons. The molecule has 0 amide bonds. The van der Waals surface area contributed by atoms with Gasteiger partial charge in [0.15, 0.2) is 0 Å². The van der Waals surface area contributed by atoms with E-state index in [9.17, 15) is 8.42 Å². The van der Waals surface area contributed by atoms with Crippen molar-refractivity contribution in [2.24, 2.45) is 5.92 Å². The molecule has 1 aliphatic carbocycles. The number of hydrogen-bond donors (Lipinski definition) is 2. The Labute approximate surface area is 122 Å². The van der Waals surface area contributed by atoms with Crippen molar-refractivity contribution in [3.8, 4) is 0 Å². The van der Waals surface area contributed by atoms with Gasteiger partial charge in [0.2, 0.25) is 10.0 Å². The van der Waals surface area contributed by atoms with Crippen LogP contribution in [-0.4, -0.2) is 14.5 Å². The largest absolute Gasteiger partial charge is 0.398 e. The predicted molar refractivity (Wildman–Crippen MR) is 80.4 cm³/mol. The van der Waals surface area contributed by atoms with Gasteiger partial charge in [0.25, 0.3) is 0 Å². The number of nitrogen functional groups attached to an aromatic ring is 1. The molecular weight excluding hydrogens is 328 g/mol. The number of nitrogens with two attached hydrogens (primary N) is 1. The van der Waals surface area contributed by atoms with Gasteiger partial charge in [0.05, 0.1) is 4.90 Å². The normalized spacial score (nSPS) is 23.7. The number of sulfonamides is 1. The van der Waals surface area contributed by atoms with Crippen molar-refractivity contribution in [3.05, 3.63) is 22.2 Å². The molecule has 0 spiro atoms. The highest BCUT2D eigenvalue weighted by Crippen LogP contribution is 2.29. The Morgan fingerprint density at radius 1 is 1.37 bits per heavy atom. The molecule has 19 heavy (non-hydrogen) atoms. The summed E-state index contributed by atoms with van der Waals surface area (Å²) >= 11 is 3.29. The fraction of sp³-hybridized carbons (Fsp3) is 0.538. The summed E-state index contributed by atoms with van der Waals surface area (Å²) in [6, 6.07) is 3.36. The van der Waals surface area contributed by atoms with Gasteiger partial charge in [-0.2, -0.15) is 0 Å². The van der Waals surface area contributed by atoms with Gasteiger partial charge in [-0.3, -0.25) is 0 Å². The Kier molecular flexibility index (Phi) is 4.23. The van der Waals surface area contributed by atoms with E-state index < -0.39 is 10.0 Å². The highest BCUT2D eigenvalue weighted by atomic mass is 79.9. The highest BCUT2D eigenvalue weighted by molar-refractivity contribution is 9.10. The first kappa shape index (κ1) is 14.8. The minimum Gasteiger partial charge on any atom is -0.398 e. The molecule has 0 bridgehead atoms. The van der Waals surface area contributed by atoms with E-state index >= 15 is 0 Å². The summed E-state index contributed by atoms with van der Waals surface area (Å²) in [7, 11) is -3.50. The third-order valence-electron chi connectivity index (χ3n) is 3.67. The molecular formula is C13H19BrN2O2S. The van der Waals surface area contributed by atoms with Crippen LogP contribution in [0.5, 0.6) is 0 Å². The van der Waals surface area contributed by atoms with Crippen LogP contribution in [0.1, 0.15) is 31.7 Å². The zero-order valence-electron chi connectivity index (χ0n) is 11.1. The molecule has 1 saturated carbocycles. The summed E-state index contributed by atoms with van der Waals surface area (Å²) in [5, 5.41) is 0. The molecule has 0 aromatic heterocycles. The van der Waals surface area contributed by atoms with Crippen molar-refractivity contribution >= 4 is 31.6 Å². The first-order valence-electron chi connectivity index (χ1n) is 6.37. The smallest absolute Gasteiger partial charge is 0.241 e. The molecule has 2 rings (SSSR count). The second-order valence-corrected chi connectivity index (χ2v) is 7.95. The van der Waals surface area contributed by atoms with E-state index in [4.69, 9.17) is 5.73 Å². The van der Waals surface area contributed by atoms with Crippen LogP contribution in [-0.2, 0) is 10.0 Å². The lowest BCUT2D eigenvalue weighted by atomic mass is 10.1. The predicted octanol–water partition coefficient (Wildman–Crippen LogP) is 2.81. The minimum atomic E-state index is -3.50. The summed E-state index contributed by atoms with van der Waals surface area (Å²) in [5.74, 6) is 0.585. The summed E-state index contributed by atoms with van der Waals surface area (Å²) in [4.78, 5) is 0.263. The maximum Gasteiger partial charge on any atom is 0.241 e. The summed E-state index contributed by atoms with van der Waals surface area (Å²) in [6.45, 7) is 3.88. The van der Waals surface area contributed by atoms with Crippen molar-refractivity contribution in [2.45, 2.75) is 44.0 Å². The van der Waals surface area contributed by atoms with E-state index in [2.05, 4.69) is 27.6 Å². The van der Waals surface area contributed by atoms with Crippen molar-refractivity contribution in [1.82, 2.24) is 4.72 Å². The summed E-state index contributed by atoms with van der Waals surface area (Å²) in [6.07, 6.45) is 2.89. The minimum absolute atomic E-state index is 0.0413. The van der Waals surface area contributed by atoms with Crippen molar-refractivity contribution in [1.29, 1.82) is 0 Å². The summed E-state index contributed by atoms with van der Waals surface area (Å²) in [5.41, 5.74) is 6.91. The van der Waals surface area contributed by atoms with Crippen LogP contribution in [0.3, 0.4) is 0 Å². The van der Waals surface area contributed by atoms with Crippen molar-refractivity contribution < 1.29 is 8.42 Å². The Morgan fingerprint density at radius 3 is 2.63 bits per heavy atom. The van der Waals surface area contributed by atoms with Gasteiger partial charge >= 0.3 is 0 Å². The van der Waals surface area contributed by atoms with Crippen LogP contribution < -0.4 is 10.5 Å². The molecule has 1 fully saturated rings. The fourth-order valence-corrected chi connectivity index (χ4v) is 4.76. The van der Waals surface area contributed by atoms with E-state index in [1.54, 1.807) is 19.1 Å². The van der Waals surface area contributed by atoms with E-state index in [1.165, 1.54) is 0 Å². The molecule has 4 nitrogen and oxygen atoms in total. The lowest BCUT2D eigenvalue weighted by Crippen LogP contribution is -2.33. The fourth-order valence-electron chi connectivity index (χ4n) is 2.55. The molecule has 1 aromatic carbocycles. The molecule has 2 atom stereocenters. The monoisotopic (exact) mass is 346 g/mol.